The van der Waals surface area contributed by atoms with Gasteiger partial charge in [-0.05, 0) is 38.0 Å². The molecule has 1 aromatic rings. The minimum Gasteiger partial charge on any atom is -0.463 e. The summed E-state index contributed by atoms with van der Waals surface area (Å²) in [6, 6.07) is 5.23. The highest BCUT2D eigenvalue weighted by Crippen LogP contribution is 2.43. The van der Waals surface area contributed by atoms with E-state index in [1.807, 2.05) is 6.92 Å². The highest BCUT2D eigenvalue weighted by atomic mass is 35.5. The fourth-order valence-corrected chi connectivity index (χ4v) is 3.33. The van der Waals surface area contributed by atoms with E-state index in [4.69, 9.17) is 32.7 Å². The van der Waals surface area contributed by atoms with Gasteiger partial charge in [0, 0.05) is 17.3 Å². The van der Waals surface area contributed by atoms with Gasteiger partial charge in [0.2, 0.25) is 0 Å². The zero-order valence-electron chi connectivity index (χ0n) is 14.2. The van der Waals surface area contributed by atoms with Crippen LogP contribution < -0.4 is 5.32 Å². The van der Waals surface area contributed by atoms with E-state index in [2.05, 4.69) is 5.32 Å². The van der Waals surface area contributed by atoms with Crippen LogP contribution in [0.2, 0.25) is 10.0 Å². The van der Waals surface area contributed by atoms with Crippen molar-refractivity contribution >= 4 is 35.6 Å². The van der Waals surface area contributed by atoms with Crippen molar-refractivity contribution in [2.24, 2.45) is 0 Å². The summed E-state index contributed by atoms with van der Waals surface area (Å²) in [5.41, 5.74) is 3.23. The van der Waals surface area contributed by atoms with Gasteiger partial charge in [0.1, 0.15) is 6.61 Å². The Morgan fingerprint density at radius 1 is 1.28 bits per heavy atom. The second-order valence-corrected chi connectivity index (χ2v) is 6.30. The number of halogens is 2. The summed E-state index contributed by atoms with van der Waals surface area (Å²) < 4.78 is 10.2. The van der Waals surface area contributed by atoms with Crippen LogP contribution in [0.4, 0.5) is 0 Å². The third-order valence-corrected chi connectivity index (χ3v) is 4.83. The third kappa shape index (κ3) is 3.99. The molecule has 1 heterocycles. The van der Waals surface area contributed by atoms with Crippen molar-refractivity contribution in [3.8, 4) is 0 Å². The van der Waals surface area contributed by atoms with Gasteiger partial charge in [0.25, 0.3) is 6.47 Å². The standard InChI is InChI=1S/C18H19Cl2NO4/c1-4-25-18(23)15-11(3)21-10(2)13(8-24-9-22)16(15)12-6-5-7-14(19)17(12)20/h5-7,9,16,21H,4,8H2,1-3H3. The maximum absolute atomic E-state index is 12.6. The number of allylic oxidation sites excluding steroid dienone is 2. The monoisotopic (exact) mass is 383 g/mol. The maximum Gasteiger partial charge on any atom is 0.336 e. The predicted octanol–water partition coefficient (Wildman–Crippen LogP) is 3.96. The molecule has 1 aliphatic rings. The van der Waals surface area contributed by atoms with Gasteiger partial charge in [0.05, 0.1) is 22.2 Å². The van der Waals surface area contributed by atoms with E-state index in [9.17, 15) is 9.59 Å². The van der Waals surface area contributed by atoms with Crippen LogP contribution in [-0.2, 0) is 19.1 Å². The van der Waals surface area contributed by atoms with Crippen LogP contribution in [0.5, 0.6) is 0 Å². The van der Waals surface area contributed by atoms with E-state index in [1.165, 1.54) is 0 Å². The molecule has 0 amide bonds. The van der Waals surface area contributed by atoms with Crippen LogP contribution in [0.25, 0.3) is 0 Å². The molecule has 0 saturated heterocycles. The highest BCUT2D eigenvalue weighted by Gasteiger charge is 2.35. The molecule has 25 heavy (non-hydrogen) atoms. The lowest BCUT2D eigenvalue weighted by molar-refractivity contribution is -0.138. The molecular weight excluding hydrogens is 365 g/mol. The Hall–Kier alpha value is -1.98. The molecule has 5 nitrogen and oxygen atoms in total. The molecule has 134 valence electrons. The van der Waals surface area contributed by atoms with E-state index in [-0.39, 0.29) is 13.2 Å². The normalized spacial score (nSPS) is 17.2. The number of hydrogen-bond donors (Lipinski definition) is 1. The van der Waals surface area contributed by atoms with Crippen molar-refractivity contribution in [2.75, 3.05) is 13.2 Å². The summed E-state index contributed by atoms with van der Waals surface area (Å²) in [6.07, 6.45) is 0. The molecule has 0 bridgehead atoms. The SMILES string of the molecule is CCOC(=O)C1=C(C)NC(C)=C(COC=O)C1c1cccc(Cl)c1Cl. The van der Waals surface area contributed by atoms with Crippen LogP contribution >= 0.6 is 23.2 Å². The number of hydrogen-bond acceptors (Lipinski definition) is 5. The largest absolute Gasteiger partial charge is 0.463 e. The zero-order valence-corrected chi connectivity index (χ0v) is 15.7. The Morgan fingerprint density at radius 3 is 2.64 bits per heavy atom. The number of nitrogens with one attached hydrogen (secondary N) is 1. The molecule has 1 unspecified atom stereocenters. The molecule has 0 aliphatic carbocycles. The first kappa shape index (κ1) is 19.3. The first-order valence-electron chi connectivity index (χ1n) is 7.76. The molecule has 2 rings (SSSR count). The Balaban J connectivity index is 2.65. The molecule has 0 fully saturated rings. The van der Waals surface area contributed by atoms with Gasteiger partial charge in [-0.2, -0.15) is 0 Å². The number of esters is 1. The van der Waals surface area contributed by atoms with Crippen LogP contribution in [0.3, 0.4) is 0 Å². The number of carbonyl (C=O) groups excluding carboxylic acids is 2. The van der Waals surface area contributed by atoms with Gasteiger partial charge in [-0.15, -0.1) is 0 Å². The van der Waals surface area contributed by atoms with Crippen molar-refractivity contribution in [3.63, 3.8) is 0 Å². The summed E-state index contributed by atoms with van der Waals surface area (Å²) >= 11 is 12.6. The molecule has 0 aromatic heterocycles. The summed E-state index contributed by atoms with van der Waals surface area (Å²) in [5.74, 6) is -0.976. The predicted molar refractivity (Wildman–Crippen MR) is 96.4 cm³/mol. The average molecular weight is 384 g/mol. The smallest absolute Gasteiger partial charge is 0.336 e. The van der Waals surface area contributed by atoms with Crippen molar-refractivity contribution in [1.29, 1.82) is 0 Å². The van der Waals surface area contributed by atoms with Crippen LogP contribution in [0, 0.1) is 0 Å². The molecule has 7 heteroatoms. The molecule has 0 radical (unpaired) electrons. The maximum atomic E-state index is 12.6. The van der Waals surface area contributed by atoms with Gasteiger partial charge < -0.3 is 14.8 Å². The Bertz CT molecular complexity index is 755. The summed E-state index contributed by atoms with van der Waals surface area (Å²) in [4.78, 5) is 23.3. The summed E-state index contributed by atoms with van der Waals surface area (Å²) in [7, 11) is 0. The van der Waals surface area contributed by atoms with Crippen molar-refractivity contribution in [3.05, 3.63) is 56.3 Å². The minimum atomic E-state index is -0.522. The topological polar surface area (TPSA) is 64.6 Å². The number of ether oxygens (including phenoxy) is 2. The summed E-state index contributed by atoms with van der Waals surface area (Å²) in [6.45, 7) is 6.01. The molecule has 1 atom stereocenters. The summed E-state index contributed by atoms with van der Waals surface area (Å²) in [5, 5.41) is 3.88. The molecule has 0 saturated carbocycles. The van der Waals surface area contributed by atoms with E-state index in [0.717, 1.165) is 5.70 Å². The lowest BCUT2D eigenvalue weighted by Crippen LogP contribution is -2.30. The minimum absolute atomic E-state index is 0.0199. The number of benzene rings is 1. The van der Waals surface area contributed by atoms with E-state index >= 15 is 0 Å². The number of rotatable bonds is 6. The van der Waals surface area contributed by atoms with Crippen molar-refractivity contribution in [1.82, 2.24) is 5.32 Å². The number of dihydropyridines is 1. The quantitative estimate of drug-likeness (QED) is 0.594. The zero-order chi connectivity index (χ0) is 18.6. The van der Waals surface area contributed by atoms with Crippen LogP contribution in [0.15, 0.2) is 40.7 Å². The van der Waals surface area contributed by atoms with Gasteiger partial charge >= 0.3 is 5.97 Å². The van der Waals surface area contributed by atoms with Crippen LogP contribution in [-0.4, -0.2) is 25.7 Å². The molecule has 0 spiro atoms. The third-order valence-electron chi connectivity index (χ3n) is 3.99. The fourth-order valence-electron chi connectivity index (χ4n) is 2.92. The molecular formula is C18H19Cl2NO4. The second kappa shape index (κ2) is 8.41. The van der Waals surface area contributed by atoms with E-state index in [0.29, 0.717) is 38.9 Å². The lowest BCUT2D eigenvalue weighted by atomic mass is 9.80. The molecule has 1 N–H and O–H groups in total. The van der Waals surface area contributed by atoms with Gasteiger partial charge in [-0.3, -0.25) is 4.79 Å². The Kier molecular flexibility index (Phi) is 6.51. The molecule has 1 aliphatic heterocycles. The average Bonchev–Trinajstić information content (AvgIpc) is 2.56. The highest BCUT2D eigenvalue weighted by molar-refractivity contribution is 6.42. The number of carbonyl (C=O) groups is 2. The first-order chi connectivity index (χ1) is 11.9. The Labute approximate surface area is 156 Å². The fraction of sp³-hybridized carbons (Fsp3) is 0.333. The van der Waals surface area contributed by atoms with Gasteiger partial charge in [-0.1, -0.05) is 35.3 Å². The molecule has 1 aromatic carbocycles. The van der Waals surface area contributed by atoms with Crippen molar-refractivity contribution in [2.45, 2.75) is 26.7 Å². The van der Waals surface area contributed by atoms with Gasteiger partial charge in [0.15, 0.2) is 0 Å². The first-order valence-corrected chi connectivity index (χ1v) is 8.51. The lowest BCUT2D eigenvalue weighted by Gasteiger charge is -2.31. The van der Waals surface area contributed by atoms with E-state index < -0.39 is 11.9 Å². The van der Waals surface area contributed by atoms with Gasteiger partial charge in [-0.25, -0.2) is 4.79 Å². The van der Waals surface area contributed by atoms with Crippen LogP contribution in [0.1, 0.15) is 32.3 Å². The Morgan fingerprint density at radius 2 is 2.00 bits per heavy atom. The van der Waals surface area contributed by atoms with Crippen molar-refractivity contribution < 1.29 is 19.1 Å². The second-order valence-electron chi connectivity index (χ2n) is 5.52. The van der Waals surface area contributed by atoms with E-state index in [1.54, 1.807) is 32.0 Å².